The summed E-state index contributed by atoms with van der Waals surface area (Å²) in [5.41, 5.74) is 7.87. The Morgan fingerprint density at radius 1 is 0.488 bits per heavy atom. The van der Waals surface area contributed by atoms with Crippen molar-refractivity contribution in [3.8, 4) is 0 Å². The van der Waals surface area contributed by atoms with E-state index in [4.69, 9.17) is 24.4 Å². The molecule has 0 aliphatic carbocycles. The monoisotopic (exact) mass is 640 g/mol. The van der Waals surface area contributed by atoms with E-state index < -0.39 is 0 Å². The van der Waals surface area contributed by atoms with Gasteiger partial charge in [-0.25, -0.2) is 0 Å². The van der Waals surface area contributed by atoms with Crippen LogP contribution in [0, 0.1) is 0 Å². The highest BCUT2D eigenvalue weighted by Gasteiger charge is 2.09. The molecule has 4 rings (SSSR count). The lowest BCUT2D eigenvalue weighted by Gasteiger charge is -2.14. The van der Waals surface area contributed by atoms with E-state index in [0.717, 1.165) is 31.0 Å². The predicted molar refractivity (Wildman–Crippen MR) is 201 cm³/mol. The fraction of sp³-hybridized carbons (Fsp3) is 0.333. The van der Waals surface area contributed by atoms with Crippen LogP contribution in [0.2, 0.25) is 0 Å². The first-order valence-corrected chi connectivity index (χ1v) is 18.4. The van der Waals surface area contributed by atoms with Crippen molar-refractivity contribution in [3.05, 3.63) is 143 Å². The molecule has 0 aromatic heterocycles. The van der Waals surface area contributed by atoms with Gasteiger partial charge in [0.05, 0.1) is 8.39 Å². The lowest BCUT2D eigenvalue weighted by Crippen LogP contribution is -1.96. The molecule has 4 aromatic rings. The van der Waals surface area contributed by atoms with Gasteiger partial charge in [0.2, 0.25) is 0 Å². The summed E-state index contributed by atoms with van der Waals surface area (Å²) in [5.74, 6) is 3.08. The maximum Gasteiger partial charge on any atom is 0.0781 e. The van der Waals surface area contributed by atoms with Crippen molar-refractivity contribution in [1.82, 2.24) is 0 Å². The van der Waals surface area contributed by atoms with Gasteiger partial charge in [-0.1, -0.05) is 180 Å². The van der Waals surface area contributed by atoms with Crippen molar-refractivity contribution in [2.24, 2.45) is 0 Å². The molecule has 224 valence electrons. The molecule has 2 atom stereocenters. The standard InChI is InChI=1S/C39H44S4/c1-30(34-24-20-32(21-25-34)28-42-38(40)36-16-10-6-11-17-36)14-8-4-3-5-9-15-31(2)35-26-22-33(23-27-35)29-43-39(41)37-18-12-7-13-19-37/h6-7,10-13,16-27,30-31H,3-5,8-9,14-15,28-29H2,1-2H3. The minimum atomic E-state index is 0.613. The Bertz CT molecular complexity index is 1270. The van der Waals surface area contributed by atoms with Gasteiger partial charge in [0.15, 0.2) is 0 Å². The molecule has 4 aromatic carbocycles. The molecule has 0 bridgehead atoms. The summed E-state index contributed by atoms with van der Waals surface area (Å²) in [6, 6.07) is 39.0. The van der Waals surface area contributed by atoms with Crippen LogP contribution >= 0.6 is 48.0 Å². The van der Waals surface area contributed by atoms with Crippen molar-refractivity contribution in [2.45, 2.75) is 82.1 Å². The third-order valence-corrected chi connectivity index (χ3v) is 11.3. The highest BCUT2D eigenvalue weighted by Crippen LogP contribution is 2.27. The summed E-state index contributed by atoms with van der Waals surface area (Å²) in [5, 5.41) is 0. The molecule has 0 aliphatic rings. The average molecular weight is 641 g/mol. The maximum atomic E-state index is 5.60. The molecule has 0 spiro atoms. The quantitative estimate of drug-likeness (QED) is 0.0882. The number of unbranched alkanes of at least 4 members (excludes halogenated alkanes) is 4. The normalized spacial score (nSPS) is 12.5. The van der Waals surface area contributed by atoms with E-state index in [-0.39, 0.29) is 0 Å². The Labute approximate surface area is 279 Å². The van der Waals surface area contributed by atoms with Crippen LogP contribution in [-0.4, -0.2) is 8.39 Å². The number of benzene rings is 4. The van der Waals surface area contributed by atoms with Crippen LogP contribution in [0.1, 0.15) is 104 Å². The van der Waals surface area contributed by atoms with Gasteiger partial charge in [0.25, 0.3) is 0 Å². The Hall–Kier alpha value is -2.24. The lowest BCUT2D eigenvalue weighted by molar-refractivity contribution is 0.535. The van der Waals surface area contributed by atoms with Crippen molar-refractivity contribution >= 4 is 56.4 Å². The molecule has 0 nitrogen and oxygen atoms in total. The molecule has 0 fully saturated rings. The highest BCUT2D eigenvalue weighted by atomic mass is 32.2. The number of hydrogen-bond acceptors (Lipinski definition) is 4. The number of hydrogen-bond donors (Lipinski definition) is 0. The SMILES string of the molecule is CC(CCCCCCCC(C)c1ccc(CSC(=S)c2ccccc2)cc1)c1ccc(CSC(=S)c2ccccc2)cc1. The molecular formula is C39H44S4. The van der Waals surface area contributed by atoms with E-state index in [0.29, 0.717) is 11.8 Å². The highest BCUT2D eigenvalue weighted by molar-refractivity contribution is 8.23. The second kappa shape index (κ2) is 18.5. The minimum Gasteiger partial charge on any atom is -0.109 e. The van der Waals surface area contributed by atoms with Gasteiger partial charge in [-0.3, -0.25) is 0 Å². The molecule has 0 aliphatic heterocycles. The fourth-order valence-corrected chi connectivity index (χ4v) is 7.47. The van der Waals surface area contributed by atoms with Gasteiger partial charge in [0, 0.05) is 11.5 Å². The lowest BCUT2D eigenvalue weighted by atomic mass is 9.92. The van der Waals surface area contributed by atoms with Crippen molar-refractivity contribution in [3.63, 3.8) is 0 Å². The second-order valence-electron chi connectivity index (χ2n) is 11.5. The molecule has 0 heterocycles. The largest absolute Gasteiger partial charge is 0.109 e. The Balaban J connectivity index is 1.05. The van der Waals surface area contributed by atoms with E-state index in [2.05, 4.69) is 86.6 Å². The van der Waals surface area contributed by atoms with Crippen molar-refractivity contribution < 1.29 is 0 Å². The van der Waals surface area contributed by atoms with Gasteiger partial charge in [-0.2, -0.15) is 0 Å². The third kappa shape index (κ3) is 11.6. The van der Waals surface area contributed by atoms with Crippen molar-refractivity contribution in [2.75, 3.05) is 0 Å². The first kappa shape index (κ1) is 33.6. The van der Waals surface area contributed by atoms with Crippen LogP contribution in [0.15, 0.2) is 109 Å². The van der Waals surface area contributed by atoms with Crippen LogP contribution in [0.3, 0.4) is 0 Å². The third-order valence-electron chi connectivity index (χ3n) is 8.13. The second-order valence-corrected chi connectivity index (χ2v) is 14.8. The number of rotatable bonds is 16. The van der Waals surface area contributed by atoms with Gasteiger partial charge in [-0.15, -0.1) is 23.5 Å². The summed E-state index contributed by atoms with van der Waals surface area (Å²) in [6.45, 7) is 4.74. The van der Waals surface area contributed by atoms with Crippen molar-refractivity contribution in [1.29, 1.82) is 0 Å². The molecule has 2 unspecified atom stereocenters. The molecule has 0 amide bonds. The summed E-state index contributed by atoms with van der Waals surface area (Å²) in [7, 11) is 0. The maximum absolute atomic E-state index is 5.60. The van der Waals surface area contributed by atoms with Crippen LogP contribution < -0.4 is 0 Å². The van der Waals surface area contributed by atoms with Gasteiger partial charge in [-0.05, 0) is 58.1 Å². The van der Waals surface area contributed by atoms with Gasteiger partial charge >= 0.3 is 0 Å². The zero-order valence-corrected chi connectivity index (χ0v) is 28.8. The zero-order valence-electron chi connectivity index (χ0n) is 25.5. The molecule has 0 saturated heterocycles. The summed E-state index contributed by atoms with van der Waals surface area (Å²) in [6.07, 6.45) is 9.17. The fourth-order valence-electron chi connectivity index (χ4n) is 5.26. The van der Waals surface area contributed by atoms with Gasteiger partial charge < -0.3 is 0 Å². The summed E-state index contributed by atoms with van der Waals surface area (Å²) < 4.78 is 1.94. The first-order valence-electron chi connectivity index (χ1n) is 15.6. The topological polar surface area (TPSA) is 0 Å². The molecule has 43 heavy (non-hydrogen) atoms. The average Bonchev–Trinajstić information content (AvgIpc) is 3.06. The molecular weight excluding hydrogens is 597 g/mol. The van der Waals surface area contributed by atoms with E-state index in [1.165, 1.54) is 67.2 Å². The molecule has 0 saturated carbocycles. The molecule has 4 heteroatoms. The van der Waals surface area contributed by atoms with Crippen LogP contribution in [0.25, 0.3) is 0 Å². The predicted octanol–water partition coefficient (Wildman–Crippen LogP) is 12.5. The molecule has 0 N–H and O–H groups in total. The number of thioether (sulfide) groups is 2. The first-order chi connectivity index (χ1) is 21.0. The van der Waals surface area contributed by atoms with E-state index in [9.17, 15) is 0 Å². The Kier molecular flexibility index (Phi) is 14.5. The smallest absolute Gasteiger partial charge is 0.0781 e. The Morgan fingerprint density at radius 2 is 0.837 bits per heavy atom. The van der Waals surface area contributed by atoms with E-state index in [1.54, 1.807) is 23.5 Å². The Morgan fingerprint density at radius 3 is 1.21 bits per heavy atom. The van der Waals surface area contributed by atoms with Gasteiger partial charge in [0.1, 0.15) is 0 Å². The van der Waals surface area contributed by atoms with E-state index in [1.807, 2.05) is 36.4 Å². The number of thiocarbonyl (C=S) groups is 2. The minimum absolute atomic E-state index is 0.613. The summed E-state index contributed by atoms with van der Waals surface area (Å²) >= 11 is 14.7. The van der Waals surface area contributed by atoms with Crippen LogP contribution in [0.4, 0.5) is 0 Å². The van der Waals surface area contributed by atoms with E-state index >= 15 is 0 Å². The molecule has 0 radical (unpaired) electrons. The van der Waals surface area contributed by atoms with Crippen LogP contribution in [0.5, 0.6) is 0 Å². The zero-order chi connectivity index (χ0) is 30.3. The summed E-state index contributed by atoms with van der Waals surface area (Å²) in [4.78, 5) is 0. The van der Waals surface area contributed by atoms with Crippen LogP contribution in [-0.2, 0) is 11.5 Å².